The van der Waals surface area contributed by atoms with Crippen molar-refractivity contribution >= 4 is 15.9 Å². The highest BCUT2D eigenvalue weighted by atomic mass is 79.9. The van der Waals surface area contributed by atoms with E-state index in [4.69, 9.17) is 4.74 Å². The summed E-state index contributed by atoms with van der Waals surface area (Å²) < 4.78 is 5.83. The van der Waals surface area contributed by atoms with Gasteiger partial charge in [0.25, 0.3) is 0 Å². The molecule has 0 saturated heterocycles. The number of alkyl halides is 1. The Balaban J connectivity index is 2.07. The molecule has 15 heavy (non-hydrogen) atoms. The van der Waals surface area contributed by atoms with Gasteiger partial charge in [-0.3, -0.25) is 0 Å². The maximum Gasteiger partial charge on any atom is 0.0530 e. The molecule has 0 unspecified atom stereocenters. The summed E-state index contributed by atoms with van der Waals surface area (Å²) in [5.74, 6) is 0.810. The Kier molecular flexibility index (Phi) is 6.21. The standard InChI is InChI=1S/C13H25BrO/c1-12(2)6-5-9-15-11-13(10-14)7-3-4-8-13/h12H,3-11H2,1-2H3. The van der Waals surface area contributed by atoms with E-state index in [-0.39, 0.29) is 0 Å². The van der Waals surface area contributed by atoms with Crippen LogP contribution in [0.2, 0.25) is 0 Å². The zero-order valence-electron chi connectivity index (χ0n) is 10.2. The first-order valence-electron chi connectivity index (χ1n) is 6.32. The summed E-state index contributed by atoms with van der Waals surface area (Å²) in [4.78, 5) is 0. The van der Waals surface area contributed by atoms with Gasteiger partial charge in [0.05, 0.1) is 6.61 Å². The minimum atomic E-state index is 0.470. The van der Waals surface area contributed by atoms with Crippen LogP contribution in [0, 0.1) is 11.3 Å². The SMILES string of the molecule is CC(C)CCCOCC1(CBr)CCCC1. The monoisotopic (exact) mass is 276 g/mol. The van der Waals surface area contributed by atoms with Crippen molar-refractivity contribution in [1.29, 1.82) is 0 Å². The lowest BCUT2D eigenvalue weighted by molar-refractivity contribution is 0.0561. The predicted octanol–water partition coefficient (Wildman–Crippen LogP) is 4.39. The number of rotatable bonds is 7. The fourth-order valence-corrected chi connectivity index (χ4v) is 3.05. The Morgan fingerprint density at radius 1 is 1.27 bits per heavy atom. The Morgan fingerprint density at radius 2 is 1.93 bits per heavy atom. The van der Waals surface area contributed by atoms with Crippen molar-refractivity contribution < 1.29 is 4.74 Å². The maximum absolute atomic E-state index is 5.83. The normalized spacial score (nSPS) is 20.0. The third-order valence-corrected chi connectivity index (χ3v) is 4.62. The molecule has 0 amide bonds. The van der Waals surface area contributed by atoms with Gasteiger partial charge in [-0.2, -0.15) is 0 Å². The number of hydrogen-bond donors (Lipinski definition) is 0. The molecule has 0 N–H and O–H groups in total. The van der Waals surface area contributed by atoms with Crippen molar-refractivity contribution in [2.45, 2.75) is 52.4 Å². The van der Waals surface area contributed by atoms with E-state index in [1.807, 2.05) is 0 Å². The molecule has 0 bridgehead atoms. The van der Waals surface area contributed by atoms with Crippen LogP contribution < -0.4 is 0 Å². The number of ether oxygens (including phenoxy) is 1. The minimum Gasteiger partial charge on any atom is -0.381 e. The van der Waals surface area contributed by atoms with Crippen LogP contribution in [0.4, 0.5) is 0 Å². The molecule has 0 aromatic carbocycles. The molecule has 1 aliphatic carbocycles. The van der Waals surface area contributed by atoms with Gasteiger partial charge in [0.15, 0.2) is 0 Å². The van der Waals surface area contributed by atoms with E-state index < -0.39 is 0 Å². The minimum absolute atomic E-state index is 0.470. The van der Waals surface area contributed by atoms with Crippen LogP contribution in [0.5, 0.6) is 0 Å². The largest absolute Gasteiger partial charge is 0.381 e. The van der Waals surface area contributed by atoms with Crippen molar-refractivity contribution in [3.63, 3.8) is 0 Å². The van der Waals surface area contributed by atoms with Crippen LogP contribution in [0.15, 0.2) is 0 Å². The van der Waals surface area contributed by atoms with Crippen molar-refractivity contribution in [2.24, 2.45) is 11.3 Å². The molecule has 0 heterocycles. The predicted molar refractivity (Wildman–Crippen MR) is 69.6 cm³/mol. The van der Waals surface area contributed by atoms with Crippen LogP contribution in [0.25, 0.3) is 0 Å². The zero-order valence-corrected chi connectivity index (χ0v) is 11.8. The van der Waals surface area contributed by atoms with Gasteiger partial charge in [0, 0.05) is 17.4 Å². The molecule has 90 valence electrons. The number of halogens is 1. The zero-order chi connectivity index (χ0) is 11.1. The van der Waals surface area contributed by atoms with Crippen LogP contribution in [-0.2, 0) is 4.74 Å². The van der Waals surface area contributed by atoms with E-state index in [9.17, 15) is 0 Å². The summed E-state index contributed by atoms with van der Waals surface area (Å²) in [7, 11) is 0. The molecular formula is C13H25BrO. The molecule has 1 rings (SSSR count). The van der Waals surface area contributed by atoms with Crippen LogP contribution in [0.1, 0.15) is 52.4 Å². The lowest BCUT2D eigenvalue weighted by atomic mass is 9.90. The van der Waals surface area contributed by atoms with Crippen molar-refractivity contribution in [3.8, 4) is 0 Å². The van der Waals surface area contributed by atoms with E-state index in [1.54, 1.807) is 0 Å². The Hall–Kier alpha value is 0.440. The summed E-state index contributed by atoms with van der Waals surface area (Å²) in [5.41, 5.74) is 0.470. The second-order valence-electron chi connectivity index (χ2n) is 5.43. The summed E-state index contributed by atoms with van der Waals surface area (Å²) >= 11 is 3.65. The molecule has 0 aromatic rings. The van der Waals surface area contributed by atoms with Gasteiger partial charge < -0.3 is 4.74 Å². The highest BCUT2D eigenvalue weighted by Gasteiger charge is 2.32. The second kappa shape index (κ2) is 6.90. The quantitative estimate of drug-likeness (QED) is 0.495. The summed E-state index contributed by atoms with van der Waals surface area (Å²) in [6.45, 7) is 6.47. The van der Waals surface area contributed by atoms with E-state index in [1.165, 1.54) is 38.5 Å². The van der Waals surface area contributed by atoms with Gasteiger partial charge in [0.2, 0.25) is 0 Å². The summed E-state index contributed by atoms with van der Waals surface area (Å²) in [6.07, 6.45) is 7.99. The third kappa shape index (κ3) is 4.86. The fourth-order valence-electron chi connectivity index (χ4n) is 2.32. The van der Waals surface area contributed by atoms with E-state index >= 15 is 0 Å². The second-order valence-corrected chi connectivity index (χ2v) is 5.99. The molecular weight excluding hydrogens is 252 g/mol. The van der Waals surface area contributed by atoms with Gasteiger partial charge in [-0.15, -0.1) is 0 Å². The molecule has 1 fully saturated rings. The maximum atomic E-state index is 5.83. The Bertz CT molecular complexity index is 162. The van der Waals surface area contributed by atoms with Crippen LogP contribution in [0.3, 0.4) is 0 Å². The highest BCUT2D eigenvalue weighted by Crippen LogP contribution is 2.39. The van der Waals surface area contributed by atoms with Crippen LogP contribution in [-0.4, -0.2) is 18.5 Å². The average molecular weight is 277 g/mol. The molecule has 2 heteroatoms. The molecule has 0 aromatic heterocycles. The lowest BCUT2D eigenvalue weighted by Gasteiger charge is -2.26. The van der Waals surface area contributed by atoms with Gasteiger partial charge >= 0.3 is 0 Å². The summed E-state index contributed by atoms with van der Waals surface area (Å²) in [6, 6.07) is 0. The first kappa shape index (κ1) is 13.5. The summed E-state index contributed by atoms with van der Waals surface area (Å²) in [5, 5.41) is 1.12. The van der Waals surface area contributed by atoms with Gasteiger partial charge in [-0.25, -0.2) is 0 Å². The fraction of sp³-hybridized carbons (Fsp3) is 1.00. The molecule has 0 atom stereocenters. The van der Waals surface area contributed by atoms with E-state index in [0.717, 1.165) is 24.5 Å². The smallest absolute Gasteiger partial charge is 0.0530 e. The van der Waals surface area contributed by atoms with Gasteiger partial charge in [-0.1, -0.05) is 42.6 Å². The molecule has 1 saturated carbocycles. The average Bonchev–Trinajstić information content (AvgIpc) is 2.66. The van der Waals surface area contributed by atoms with Gasteiger partial charge in [0.1, 0.15) is 0 Å². The lowest BCUT2D eigenvalue weighted by Crippen LogP contribution is -2.25. The van der Waals surface area contributed by atoms with Crippen molar-refractivity contribution in [3.05, 3.63) is 0 Å². The van der Waals surface area contributed by atoms with E-state index in [0.29, 0.717) is 5.41 Å². The van der Waals surface area contributed by atoms with Crippen LogP contribution >= 0.6 is 15.9 Å². The highest BCUT2D eigenvalue weighted by molar-refractivity contribution is 9.09. The Morgan fingerprint density at radius 3 is 2.47 bits per heavy atom. The number of hydrogen-bond acceptors (Lipinski definition) is 1. The molecule has 0 radical (unpaired) electrons. The van der Waals surface area contributed by atoms with E-state index in [2.05, 4.69) is 29.8 Å². The molecule has 1 aliphatic rings. The third-order valence-electron chi connectivity index (χ3n) is 3.43. The first-order valence-corrected chi connectivity index (χ1v) is 7.44. The topological polar surface area (TPSA) is 9.23 Å². The van der Waals surface area contributed by atoms with Crippen molar-refractivity contribution in [2.75, 3.05) is 18.5 Å². The van der Waals surface area contributed by atoms with Crippen molar-refractivity contribution in [1.82, 2.24) is 0 Å². The molecule has 0 aliphatic heterocycles. The molecule has 0 spiro atoms. The van der Waals surface area contributed by atoms with Gasteiger partial charge in [-0.05, 0) is 31.6 Å². The molecule has 1 nitrogen and oxygen atoms in total. The Labute approximate surface area is 103 Å². The first-order chi connectivity index (χ1) is 7.18.